The molecule has 0 bridgehead atoms. The number of halogens is 2. The molecule has 0 aliphatic heterocycles. The largest absolute Gasteiger partial charge is 0.478 e. The summed E-state index contributed by atoms with van der Waals surface area (Å²) in [6, 6.07) is 6.98. The summed E-state index contributed by atoms with van der Waals surface area (Å²) in [4.78, 5) is 14.9. The van der Waals surface area contributed by atoms with Gasteiger partial charge in [0.05, 0.1) is 5.56 Å². The van der Waals surface area contributed by atoms with Crippen molar-refractivity contribution >= 4 is 29.2 Å². The van der Waals surface area contributed by atoms with Crippen molar-refractivity contribution in [3.63, 3.8) is 0 Å². The molecule has 0 saturated heterocycles. The minimum atomic E-state index is -1.10. The minimum Gasteiger partial charge on any atom is -0.478 e. The molecule has 1 N–H and O–H groups in total. The molecule has 0 saturated carbocycles. The molecule has 0 aliphatic carbocycles. The number of pyridine rings is 1. The van der Waals surface area contributed by atoms with Gasteiger partial charge in [0, 0.05) is 16.8 Å². The second-order valence-corrected chi connectivity index (χ2v) is 4.68. The summed E-state index contributed by atoms with van der Waals surface area (Å²) in [5.74, 6) is -1.10. The highest BCUT2D eigenvalue weighted by Gasteiger charge is 2.12. The Hall–Kier alpha value is -1.58. The molecule has 0 unspecified atom stereocenters. The van der Waals surface area contributed by atoms with Gasteiger partial charge in [0.1, 0.15) is 5.15 Å². The van der Waals surface area contributed by atoms with Crippen LogP contribution >= 0.6 is 23.2 Å². The molecule has 0 radical (unpaired) electrons. The van der Waals surface area contributed by atoms with Crippen LogP contribution in [-0.4, -0.2) is 16.1 Å². The molecule has 0 atom stereocenters. The summed E-state index contributed by atoms with van der Waals surface area (Å²) in [7, 11) is 0. The van der Waals surface area contributed by atoms with Crippen LogP contribution in [0.4, 0.5) is 0 Å². The van der Waals surface area contributed by atoms with Gasteiger partial charge in [-0.1, -0.05) is 29.3 Å². The quantitative estimate of drug-likeness (QED) is 0.845. The van der Waals surface area contributed by atoms with E-state index in [4.69, 9.17) is 28.3 Å². The topological polar surface area (TPSA) is 50.2 Å². The van der Waals surface area contributed by atoms with Crippen molar-refractivity contribution in [3.05, 3.63) is 51.8 Å². The van der Waals surface area contributed by atoms with Gasteiger partial charge in [-0.15, -0.1) is 0 Å². The lowest BCUT2D eigenvalue weighted by molar-refractivity contribution is 0.0696. The van der Waals surface area contributed by atoms with Crippen molar-refractivity contribution in [2.45, 2.75) is 6.92 Å². The maximum Gasteiger partial charge on any atom is 0.338 e. The molecular weight excluding hydrogens is 273 g/mol. The standard InChI is InChI=1S/C13H9Cl2NO2/c1-7-2-8(4-10(14)3-7)9-5-11(13(17)18)12(15)16-6-9/h2-6H,1H3,(H,17,18). The molecule has 1 aromatic heterocycles. The number of aromatic nitrogens is 1. The van der Waals surface area contributed by atoms with E-state index in [1.54, 1.807) is 6.07 Å². The fourth-order valence-electron chi connectivity index (χ4n) is 1.66. The van der Waals surface area contributed by atoms with E-state index in [9.17, 15) is 4.79 Å². The summed E-state index contributed by atoms with van der Waals surface area (Å²) >= 11 is 11.7. The number of aryl methyl sites for hydroxylation is 1. The molecule has 92 valence electrons. The Labute approximate surface area is 114 Å². The number of carbonyl (C=O) groups is 1. The van der Waals surface area contributed by atoms with Crippen LogP contribution in [0.15, 0.2) is 30.5 Å². The zero-order valence-electron chi connectivity index (χ0n) is 9.45. The molecule has 18 heavy (non-hydrogen) atoms. The highest BCUT2D eigenvalue weighted by atomic mass is 35.5. The number of carboxylic acids is 1. The van der Waals surface area contributed by atoms with Crippen LogP contribution in [0.3, 0.4) is 0 Å². The number of rotatable bonds is 2. The van der Waals surface area contributed by atoms with Crippen LogP contribution in [0, 0.1) is 6.92 Å². The lowest BCUT2D eigenvalue weighted by Crippen LogP contribution is -1.99. The molecule has 0 fully saturated rings. The van der Waals surface area contributed by atoms with Gasteiger partial charge in [0.2, 0.25) is 0 Å². The highest BCUT2D eigenvalue weighted by molar-refractivity contribution is 6.32. The number of carboxylic acid groups (broad SMARTS) is 1. The van der Waals surface area contributed by atoms with E-state index >= 15 is 0 Å². The van der Waals surface area contributed by atoms with Gasteiger partial charge >= 0.3 is 5.97 Å². The van der Waals surface area contributed by atoms with Crippen LogP contribution in [0.25, 0.3) is 11.1 Å². The van der Waals surface area contributed by atoms with Gasteiger partial charge in [-0.05, 0) is 36.2 Å². The number of nitrogens with zero attached hydrogens (tertiary/aromatic N) is 1. The van der Waals surface area contributed by atoms with Crippen LogP contribution < -0.4 is 0 Å². The average molecular weight is 282 g/mol. The molecule has 0 amide bonds. The van der Waals surface area contributed by atoms with Crippen molar-refractivity contribution in [2.24, 2.45) is 0 Å². The predicted molar refractivity (Wildman–Crippen MR) is 71.4 cm³/mol. The first kappa shape index (κ1) is 12.9. The molecule has 2 aromatic rings. The smallest absolute Gasteiger partial charge is 0.338 e. The number of benzene rings is 1. The second-order valence-electron chi connectivity index (χ2n) is 3.88. The maximum absolute atomic E-state index is 11.0. The van der Waals surface area contributed by atoms with Crippen LogP contribution in [0.2, 0.25) is 10.2 Å². The van der Waals surface area contributed by atoms with E-state index in [0.29, 0.717) is 10.6 Å². The number of hydrogen-bond donors (Lipinski definition) is 1. The van der Waals surface area contributed by atoms with Gasteiger partial charge in [-0.2, -0.15) is 0 Å². The summed E-state index contributed by atoms with van der Waals surface area (Å²) < 4.78 is 0. The van der Waals surface area contributed by atoms with E-state index in [2.05, 4.69) is 4.98 Å². The summed E-state index contributed by atoms with van der Waals surface area (Å²) in [5, 5.41) is 9.57. The van der Waals surface area contributed by atoms with Crippen molar-refractivity contribution in [1.29, 1.82) is 0 Å². The van der Waals surface area contributed by atoms with Gasteiger partial charge in [0.25, 0.3) is 0 Å². The normalized spacial score (nSPS) is 10.4. The Morgan fingerprint density at radius 3 is 2.50 bits per heavy atom. The zero-order chi connectivity index (χ0) is 13.3. The Bertz CT molecular complexity index is 606. The lowest BCUT2D eigenvalue weighted by atomic mass is 10.0. The van der Waals surface area contributed by atoms with Gasteiger partial charge in [-0.25, -0.2) is 9.78 Å². The van der Waals surface area contributed by atoms with E-state index in [-0.39, 0.29) is 10.7 Å². The Morgan fingerprint density at radius 2 is 1.89 bits per heavy atom. The molecule has 0 spiro atoms. The predicted octanol–water partition coefficient (Wildman–Crippen LogP) is 4.06. The van der Waals surface area contributed by atoms with Crippen molar-refractivity contribution in [3.8, 4) is 11.1 Å². The lowest BCUT2D eigenvalue weighted by Gasteiger charge is -2.06. The van der Waals surface area contributed by atoms with E-state index in [0.717, 1.165) is 11.1 Å². The fraction of sp³-hybridized carbons (Fsp3) is 0.0769. The Balaban J connectivity index is 2.57. The van der Waals surface area contributed by atoms with Crippen molar-refractivity contribution in [2.75, 3.05) is 0 Å². The molecule has 2 rings (SSSR count). The molecule has 3 nitrogen and oxygen atoms in total. The van der Waals surface area contributed by atoms with Crippen LogP contribution in [0.1, 0.15) is 15.9 Å². The fourth-order valence-corrected chi connectivity index (χ4v) is 2.13. The molecule has 1 aromatic carbocycles. The highest BCUT2D eigenvalue weighted by Crippen LogP contribution is 2.26. The molecular formula is C13H9Cl2NO2. The van der Waals surface area contributed by atoms with E-state index < -0.39 is 5.97 Å². The van der Waals surface area contributed by atoms with E-state index in [1.165, 1.54) is 12.3 Å². The van der Waals surface area contributed by atoms with Gasteiger partial charge < -0.3 is 5.11 Å². The maximum atomic E-state index is 11.0. The molecule has 0 aliphatic rings. The minimum absolute atomic E-state index is 0.0215. The number of aromatic carboxylic acids is 1. The van der Waals surface area contributed by atoms with Crippen LogP contribution in [0.5, 0.6) is 0 Å². The van der Waals surface area contributed by atoms with Gasteiger partial charge in [-0.3, -0.25) is 0 Å². The van der Waals surface area contributed by atoms with Crippen molar-refractivity contribution in [1.82, 2.24) is 4.98 Å². The third-order valence-electron chi connectivity index (χ3n) is 2.44. The summed E-state index contributed by atoms with van der Waals surface area (Å²) in [6.07, 6.45) is 1.53. The first-order chi connectivity index (χ1) is 8.47. The third-order valence-corrected chi connectivity index (χ3v) is 2.96. The van der Waals surface area contributed by atoms with Gasteiger partial charge in [0.15, 0.2) is 0 Å². The Kier molecular flexibility index (Phi) is 3.55. The molecule has 5 heteroatoms. The monoisotopic (exact) mass is 281 g/mol. The SMILES string of the molecule is Cc1cc(Cl)cc(-c2cnc(Cl)c(C(=O)O)c2)c1. The van der Waals surface area contributed by atoms with Crippen molar-refractivity contribution < 1.29 is 9.90 Å². The summed E-state index contributed by atoms with van der Waals surface area (Å²) in [6.45, 7) is 1.91. The first-order valence-electron chi connectivity index (χ1n) is 5.14. The van der Waals surface area contributed by atoms with E-state index in [1.807, 2.05) is 19.1 Å². The van der Waals surface area contributed by atoms with Crippen LogP contribution in [-0.2, 0) is 0 Å². The third kappa shape index (κ3) is 2.63. The molecule has 1 heterocycles. The number of hydrogen-bond acceptors (Lipinski definition) is 2. The Morgan fingerprint density at radius 1 is 1.17 bits per heavy atom. The first-order valence-corrected chi connectivity index (χ1v) is 5.89. The summed E-state index contributed by atoms with van der Waals surface area (Å²) in [5.41, 5.74) is 2.45. The zero-order valence-corrected chi connectivity index (χ0v) is 11.0. The second kappa shape index (κ2) is 4.96. The average Bonchev–Trinajstić information content (AvgIpc) is 2.27.